The molecule has 1 amide bonds. The number of esters is 1. The van der Waals surface area contributed by atoms with Crippen LogP contribution in [0.4, 0.5) is 11.5 Å². The first-order chi connectivity index (χ1) is 10.0. The van der Waals surface area contributed by atoms with Crippen LogP contribution in [0.25, 0.3) is 0 Å². The Bertz CT molecular complexity index is 668. The quantitative estimate of drug-likeness (QED) is 0.794. The van der Waals surface area contributed by atoms with Crippen molar-refractivity contribution < 1.29 is 14.3 Å². The Labute approximate surface area is 128 Å². The number of hydrogen-bond donors (Lipinski definition) is 2. The SMILES string of the molecule is COC(=O)c1nnn(CC(=O)Nc2ccc(Br)cc2)c1N. The van der Waals surface area contributed by atoms with Gasteiger partial charge in [0, 0.05) is 10.2 Å². The van der Waals surface area contributed by atoms with Crippen LogP contribution in [-0.2, 0) is 16.1 Å². The summed E-state index contributed by atoms with van der Waals surface area (Å²) < 4.78 is 6.53. The van der Waals surface area contributed by atoms with Crippen molar-refractivity contribution in [2.45, 2.75) is 6.54 Å². The summed E-state index contributed by atoms with van der Waals surface area (Å²) in [6.07, 6.45) is 0. The number of nitrogens with zero attached hydrogens (tertiary/aromatic N) is 3. The molecule has 2 aromatic rings. The molecule has 3 N–H and O–H groups in total. The molecule has 0 aliphatic carbocycles. The van der Waals surface area contributed by atoms with Gasteiger partial charge in [0.2, 0.25) is 11.6 Å². The van der Waals surface area contributed by atoms with E-state index < -0.39 is 5.97 Å². The zero-order valence-corrected chi connectivity index (χ0v) is 12.6. The van der Waals surface area contributed by atoms with Crippen molar-refractivity contribution in [1.82, 2.24) is 15.0 Å². The van der Waals surface area contributed by atoms with Crippen molar-refractivity contribution in [2.75, 3.05) is 18.2 Å². The number of aromatic nitrogens is 3. The smallest absolute Gasteiger partial charge is 0.362 e. The molecule has 2 rings (SSSR count). The highest BCUT2D eigenvalue weighted by Gasteiger charge is 2.19. The van der Waals surface area contributed by atoms with Crippen LogP contribution in [0.3, 0.4) is 0 Å². The van der Waals surface area contributed by atoms with E-state index in [1.165, 1.54) is 7.11 Å². The Hall–Kier alpha value is -2.42. The summed E-state index contributed by atoms with van der Waals surface area (Å²) in [5, 5.41) is 9.92. The Kier molecular flexibility index (Phi) is 4.53. The molecular weight excluding hydrogens is 342 g/mol. The average Bonchev–Trinajstić information content (AvgIpc) is 2.82. The first-order valence-corrected chi connectivity index (χ1v) is 6.63. The summed E-state index contributed by atoms with van der Waals surface area (Å²) in [7, 11) is 1.21. The van der Waals surface area contributed by atoms with Crippen molar-refractivity contribution in [2.24, 2.45) is 0 Å². The molecule has 0 aliphatic rings. The largest absolute Gasteiger partial charge is 0.464 e. The molecule has 0 bridgehead atoms. The minimum Gasteiger partial charge on any atom is -0.464 e. The number of ether oxygens (including phenoxy) is 1. The van der Waals surface area contributed by atoms with Crippen LogP contribution in [0, 0.1) is 0 Å². The Morgan fingerprint density at radius 2 is 2.05 bits per heavy atom. The molecule has 0 aliphatic heterocycles. The van der Waals surface area contributed by atoms with Crippen molar-refractivity contribution in [3.05, 3.63) is 34.4 Å². The van der Waals surface area contributed by atoms with Crippen LogP contribution in [0.15, 0.2) is 28.7 Å². The summed E-state index contributed by atoms with van der Waals surface area (Å²) in [4.78, 5) is 23.2. The van der Waals surface area contributed by atoms with E-state index in [9.17, 15) is 9.59 Å². The lowest BCUT2D eigenvalue weighted by molar-refractivity contribution is -0.116. The zero-order valence-electron chi connectivity index (χ0n) is 11.0. The second kappa shape index (κ2) is 6.35. The molecule has 0 saturated heterocycles. The van der Waals surface area contributed by atoms with Gasteiger partial charge in [-0.1, -0.05) is 21.1 Å². The molecule has 0 spiro atoms. The van der Waals surface area contributed by atoms with E-state index in [1.54, 1.807) is 24.3 Å². The van der Waals surface area contributed by atoms with Gasteiger partial charge in [0.15, 0.2) is 5.82 Å². The van der Waals surface area contributed by atoms with Gasteiger partial charge in [-0.2, -0.15) is 0 Å². The molecule has 8 nitrogen and oxygen atoms in total. The molecule has 9 heteroatoms. The first-order valence-electron chi connectivity index (χ1n) is 5.84. The zero-order chi connectivity index (χ0) is 15.4. The maximum Gasteiger partial charge on any atom is 0.362 e. The number of halogens is 1. The topological polar surface area (TPSA) is 112 Å². The summed E-state index contributed by atoms with van der Waals surface area (Å²) in [6.45, 7) is -0.161. The first kappa shape index (κ1) is 15.0. The van der Waals surface area contributed by atoms with Gasteiger partial charge in [-0.3, -0.25) is 4.79 Å². The third-order valence-electron chi connectivity index (χ3n) is 2.57. The average molecular weight is 354 g/mol. The number of nitrogen functional groups attached to an aromatic ring is 1. The predicted molar refractivity (Wildman–Crippen MR) is 78.5 cm³/mol. The fraction of sp³-hybridized carbons (Fsp3) is 0.167. The van der Waals surface area contributed by atoms with Gasteiger partial charge < -0.3 is 15.8 Å². The molecule has 1 heterocycles. The maximum atomic E-state index is 11.9. The fourth-order valence-electron chi connectivity index (χ4n) is 1.55. The van der Waals surface area contributed by atoms with Gasteiger partial charge in [-0.15, -0.1) is 5.10 Å². The van der Waals surface area contributed by atoms with Gasteiger partial charge in [-0.05, 0) is 24.3 Å². The molecule has 21 heavy (non-hydrogen) atoms. The van der Waals surface area contributed by atoms with Crippen molar-refractivity contribution in [3.8, 4) is 0 Å². The Morgan fingerprint density at radius 3 is 2.67 bits per heavy atom. The number of carbonyl (C=O) groups excluding carboxylic acids is 2. The number of hydrogen-bond acceptors (Lipinski definition) is 6. The highest BCUT2D eigenvalue weighted by molar-refractivity contribution is 9.10. The van der Waals surface area contributed by atoms with Crippen molar-refractivity contribution in [3.63, 3.8) is 0 Å². The molecular formula is C12H12BrN5O3. The van der Waals surface area contributed by atoms with Crippen LogP contribution in [-0.4, -0.2) is 34.0 Å². The molecule has 110 valence electrons. The van der Waals surface area contributed by atoms with Gasteiger partial charge >= 0.3 is 5.97 Å². The lowest BCUT2D eigenvalue weighted by Crippen LogP contribution is -2.21. The summed E-state index contributed by atoms with van der Waals surface area (Å²) >= 11 is 3.30. The van der Waals surface area contributed by atoms with E-state index in [-0.39, 0.29) is 24.0 Å². The number of methoxy groups -OCH3 is 1. The molecule has 0 fully saturated rings. The molecule has 1 aromatic carbocycles. The number of benzene rings is 1. The Balaban J connectivity index is 2.04. The number of anilines is 2. The minimum absolute atomic E-state index is 0.0205. The number of rotatable bonds is 4. The third-order valence-corrected chi connectivity index (χ3v) is 3.10. The van der Waals surface area contributed by atoms with E-state index in [4.69, 9.17) is 5.73 Å². The van der Waals surface area contributed by atoms with Gasteiger partial charge in [0.1, 0.15) is 6.54 Å². The van der Waals surface area contributed by atoms with E-state index in [2.05, 4.69) is 36.3 Å². The summed E-state index contributed by atoms with van der Waals surface area (Å²) in [5.74, 6) is -1.06. The second-order valence-electron chi connectivity index (χ2n) is 4.03. The standard InChI is InChI=1S/C12H12BrN5O3/c1-21-12(20)10-11(14)18(17-16-10)6-9(19)15-8-4-2-7(13)3-5-8/h2-5H,6,14H2,1H3,(H,15,19). The number of carbonyl (C=O) groups is 2. The third kappa shape index (κ3) is 3.57. The fourth-order valence-corrected chi connectivity index (χ4v) is 1.81. The highest BCUT2D eigenvalue weighted by Crippen LogP contribution is 2.14. The lowest BCUT2D eigenvalue weighted by atomic mass is 10.3. The molecule has 0 atom stereocenters. The number of nitrogens with two attached hydrogens (primary N) is 1. The summed E-state index contributed by atoms with van der Waals surface area (Å²) in [6, 6.07) is 7.09. The highest BCUT2D eigenvalue weighted by atomic mass is 79.9. The summed E-state index contributed by atoms with van der Waals surface area (Å²) in [5.41, 5.74) is 6.21. The van der Waals surface area contributed by atoms with Crippen LogP contribution >= 0.6 is 15.9 Å². The van der Waals surface area contributed by atoms with Crippen LogP contribution in [0.2, 0.25) is 0 Å². The lowest BCUT2D eigenvalue weighted by Gasteiger charge is -2.06. The van der Waals surface area contributed by atoms with Gasteiger partial charge in [-0.25, -0.2) is 9.48 Å². The van der Waals surface area contributed by atoms with Crippen LogP contribution in [0.1, 0.15) is 10.5 Å². The van der Waals surface area contributed by atoms with Gasteiger partial charge in [0.05, 0.1) is 7.11 Å². The molecule has 0 saturated carbocycles. The molecule has 1 aromatic heterocycles. The predicted octanol–water partition coefficient (Wildman–Crippen LogP) is 1.05. The number of amides is 1. The monoisotopic (exact) mass is 353 g/mol. The second-order valence-corrected chi connectivity index (χ2v) is 4.94. The Morgan fingerprint density at radius 1 is 1.38 bits per heavy atom. The number of nitrogens with one attached hydrogen (secondary N) is 1. The maximum absolute atomic E-state index is 11.9. The normalized spacial score (nSPS) is 10.2. The molecule has 0 radical (unpaired) electrons. The van der Waals surface area contributed by atoms with E-state index in [1.807, 2.05) is 0 Å². The van der Waals surface area contributed by atoms with Gasteiger partial charge in [0.25, 0.3) is 0 Å². The van der Waals surface area contributed by atoms with Crippen molar-refractivity contribution >= 4 is 39.3 Å². The van der Waals surface area contributed by atoms with Crippen LogP contribution < -0.4 is 11.1 Å². The van der Waals surface area contributed by atoms with Crippen molar-refractivity contribution in [1.29, 1.82) is 0 Å². The molecule has 0 unspecified atom stereocenters. The minimum atomic E-state index is -0.702. The van der Waals surface area contributed by atoms with E-state index in [0.717, 1.165) is 9.15 Å². The van der Waals surface area contributed by atoms with E-state index >= 15 is 0 Å². The van der Waals surface area contributed by atoms with Crippen LogP contribution in [0.5, 0.6) is 0 Å². The van der Waals surface area contributed by atoms with E-state index in [0.29, 0.717) is 5.69 Å².